The molecule has 3 rings (SSSR count). The van der Waals surface area contributed by atoms with Crippen molar-refractivity contribution in [3.63, 3.8) is 0 Å². The smallest absolute Gasteiger partial charge is 0.370 e. The molecular formula is C20H18F3N3O2. The van der Waals surface area contributed by atoms with E-state index in [9.17, 15) is 18.0 Å². The Labute approximate surface area is 160 Å². The van der Waals surface area contributed by atoms with Crippen LogP contribution in [0.25, 0.3) is 0 Å². The van der Waals surface area contributed by atoms with Crippen molar-refractivity contribution in [2.45, 2.75) is 32.2 Å². The minimum absolute atomic E-state index is 0.113. The molecule has 146 valence electrons. The summed E-state index contributed by atoms with van der Waals surface area (Å²) in [4.78, 5) is 18.5. The molecule has 5 nitrogen and oxygen atoms in total. The van der Waals surface area contributed by atoms with Crippen molar-refractivity contribution in [1.82, 2.24) is 9.88 Å². The Morgan fingerprint density at radius 3 is 2.75 bits per heavy atom. The first-order valence-corrected chi connectivity index (χ1v) is 8.67. The number of rotatable bonds is 2. The van der Waals surface area contributed by atoms with Crippen LogP contribution in [0.15, 0.2) is 36.5 Å². The van der Waals surface area contributed by atoms with Crippen LogP contribution >= 0.6 is 0 Å². The van der Waals surface area contributed by atoms with Crippen LogP contribution in [-0.2, 0) is 10.9 Å². The van der Waals surface area contributed by atoms with E-state index in [1.165, 1.54) is 12.3 Å². The number of aryl methyl sites for hydroxylation is 1. The third kappa shape index (κ3) is 3.99. The molecule has 1 fully saturated rings. The molecule has 0 radical (unpaired) electrons. The van der Waals surface area contributed by atoms with Crippen LogP contribution in [0.5, 0.6) is 0 Å². The van der Waals surface area contributed by atoms with E-state index >= 15 is 0 Å². The summed E-state index contributed by atoms with van der Waals surface area (Å²) in [5, 5.41) is 9.00. The molecule has 1 aliphatic heterocycles. The molecule has 1 aromatic heterocycles. The number of hydrogen-bond acceptors (Lipinski definition) is 4. The molecule has 28 heavy (non-hydrogen) atoms. The number of halogens is 3. The van der Waals surface area contributed by atoms with Crippen molar-refractivity contribution in [3.05, 3.63) is 64.5 Å². The summed E-state index contributed by atoms with van der Waals surface area (Å²) in [5.74, 6) is -0.347. The molecule has 8 heteroatoms. The summed E-state index contributed by atoms with van der Waals surface area (Å²) < 4.78 is 44.7. The van der Waals surface area contributed by atoms with Gasteiger partial charge in [0.25, 0.3) is 5.91 Å². The molecule has 1 saturated heterocycles. The normalized spacial score (nSPS) is 19.9. The summed E-state index contributed by atoms with van der Waals surface area (Å²) in [6.07, 6.45) is -3.77. The van der Waals surface area contributed by atoms with E-state index in [4.69, 9.17) is 10.00 Å². The lowest BCUT2D eigenvalue weighted by Gasteiger charge is -2.38. The van der Waals surface area contributed by atoms with Crippen molar-refractivity contribution in [1.29, 1.82) is 5.26 Å². The number of morpholine rings is 1. The van der Waals surface area contributed by atoms with Crippen molar-refractivity contribution < 1.29 is 22.7 Å². The Morgan fingerprint density at radius 1 is 1.36 bits per heavy atom. The molecule has 1 amide bonds. The number of alkyl halides is 3. The van der Waals surface area contributed by atoms with E-state index in [2.05, 4.69) is 4.98 Å². The van der Waals surface area contributed by atoms with E-state index in [1.54, 1.807) is 30.9 Å². The van der Waals surface area contributed by atoms with Crippen molar-refractivity contribution in [2.24, 2.45) is 0 Å². The highest BCUT2D eigenvalue weighted by molar-refractivity contribution is 5.93. The van der Waals surface area contributed by atoms with Crippen LogP contribution in [-0.4, -0.2) is 35.0 Å². The summed E-state index contributed by atoms with van der Waals surface area (Å²) in [7, 11) is 0. The van der Waals surface area contributed by atoms with Crippen LogP contribution in [0.1, 0.15) is 45.8 Å². The summed E-state index contributed by atoms with van der Waals surface area (Å²) >= 11 is 0. The monoisotopic (exact) mass is 389 g/mol. The zero-order chi connectivity index (χ0) is 20.5. The Kier molecular flexibility index (Phi) is 5.38. The summed E-state index contributed by atoms with van der Waals surface area (Å²) in [5.41, 5.74) is 0.815. The first kappa shape index (κ1) is 19.8. The van der Waals surface area contributed by atoms with Crippen molar-refractivity contribution in [3.8, 4) is 6.07 Å². The number of carbonyl (C=O) groups is 1. The van der Waals surface area contributed by atoms with Gasteiger partial charge in [-0.25, -0.2) is 4.98 Å². The standard InChI is InChI=1S/C20H18F3N3O2/c1-12-6-17(25-9-15(12)8-24)19(27)26-10-18(28-11-13(26)2)14-4-3-5-16(7-14)20(21,22)23/h3-7,9,13,18H,10-11H2,1-2H3. The third-order valence-electron chi connectivity index (χ3n) is 4.73. The van der Waals surface area contributed by atoms with Gasteiger partial charge < -0.3 is 9.64 Å². The molecule has 0 spiro atoms. The van der Waals surface area contributed by atoms with Gasteiger partial charge in [0.2, 0.25) is 0 Å². The second-order valence-electron chi connectivity index (χ2n) is 6.75. The molecule has 1 aromatic carbocycles. The van der Waals surface area contributed by atoms with Gasteiger partial charge in [-0.3, -0.25) is 4.79 Å². The van der Waals surface area contributed by atoms with Gasteiger partial charge >= 0.3 is 6.18 Å². The van der Waals surface area contributed by atoms with Crippen LogP contribution in [0.3, 0.4) is 0 Å². The Balaban J connectivity index is 1.84. The van der Waals surface area contributed by atoms with E-state index < -0.39 is 17.8 Å². The fourth-order valence-corrected chi connectivity index (χ4v) is 3.09. The molecule has 1 aliphatic rings. The van der Waals surface area contributed by atoms with Gasteiger partial charge in [0.1, 0.15) is 17.9 Å². The van der Waals surface area contributed by atoms with Crippen molar-refractivity contribution in [2.75, 3.05) is 13.2 Å². The number of hydrogen-bond donors (Lipinski definition) is 0. The number of carbonyl (C=O) groups excluding carboxylic acids is 1. The Hall–Kier alpha value is -2.92. The largest absolute Gasteiger partial charge is 0.416 e. The topological polar surface area (TPSA) is 66.2 Å². The maximum Gasteiger partial charge on any atom is 0.416 e. The third-order valence-corrected chi connectivity index (χ3v) is 4.73. The lowest BCUT2D eigenvalue weighted by molar-refractivity contribution is -0.137. The van der Waals surface area contributed by atoms with E-state index in [0.29, 0.717) is 16.7 Å². The number of aromatic nitrogens is 1. The number of nitriles is 1. The Morgan fingerprint density at radius 2 is 2.11 bits per heavy atom. The molecule has 0 N–H and O–H groups in total. The SMILES string of the molecule is Cc1cc(C(=O)N2CC(c3cccc(C(F)(F)F)c3)OCC2C)ncc1C#N. The van der Waals surface area contributed by atoms with Gasteiger partial charge in [0.05, 0.1) is 30.3 Å². The maximum absolute atomic E-state index is 13.0. The van der Waals surface area contributed by atoms with E-state index in [1.807, 2.05) is 6.07 Å². The molecular weight excluding hydrogens is 371 g/mol. The fourth-order valence-electron chi connectivity index (χ4n) is 3.09. The number of pyridine rings is 1. The molecule has 2 heterocycles. The van der Waals surface area contributed by atoms with Crippen LogP contribution < -0.4 is 0 Å². The molecule has 2 atom stereocenters. The predicted molar refractivity (Wildman–Crippen MR) is 94.3 cm³/mol. The second-order valence-corrected chi connectivity index (χ2v) is 6.75. The number of ether oxygens (including phenoxy) is 1. The van der Waals surface area contributed by atoms with Gasteiger partial charge in [-0.15, -0.1) is 0 Å². The minimum Gasteiger partial charge on any atom is -0.370 e. The van der Waals surface area contributed by atoms with Gasteiger partial charge in [0, 0.05) is 6.20 Å². The molecule has 2 aromatic rings. The van der Waals surface area contributed by atoms with E-state index in [0.717, 1.165) is 12.1 Å². The average Bonchev–Trinajstić information content (AvgIpc) is 2.67. The van der Waals surface area contributed by atoms with Crippen LogP contribution in [0, 0.1) is 18.3 Å². The minimum atomic E-state index is -4.45. The highest BCUT2D eigenvalue weighted by Gasteiger charge is 2.34. The van der Waals surface area contributed by atoms with Gasteiger partial charge in [-0.1, -0.05) is 12.1 Å². The zero-order valence-corrected chi connectivity index (χ0v) is 15.3. The first-order chi connectivity index (χ1) is 13.2. The average molecular weight is 389 g/mol. The van der Waals surface area contributed by atoms with Gasteiger partial charge in [-0.2, -0.15) is 18.4 Å². The quantitative estimate of drug-likeness (QED) is 0.782. The summed E-state index contributed by atoms with van der Waals surface area (Å²) in [6.45, 7) is 3.83. The number of nitrogens with zero attached hydrogens (tertiary/aromatic N) is 3. The van der Waals surface area contributed by atoms with E-state index in [-0.39, 0.29) is 30.8 Å². The first-order valence-electron chi connectivity index (χ1n) is 8.67. The van der Waals surface area contributed by atoms with Gasteiger partial charge in [-0.05, 0) is 43.2 Å². The lowest BCUT2D eigenvalue weighted by Crippen LogP contribution is -2.48. The van der Waals surface area contributed by atoms with Crippen LogP contribution in [0.2, 0.25) is 0 Å². The molecule has 2 unspecified atom stereocenters. The Bertz CT molecular complexity index is 937. The summed E-state index contributed by atoms with van der Waals surface area (Å²) in [6, 6.07) is 8.22. The van der Waals surface area contributed by atoms with Gasteiger partial charge in [0.15, 0.2) is 0 Å². The lowest BCUT2D eigenvalue weighted by atomic mass is 10.0. The highest BCUT2D eigenvalue weighted by atomic mass is 19.4. The second kappa shape index (κ2) is 7.60. The maximum atomic E-state index is 13.0. The predicted octanol–water partition coefficient (Wildman–Crippen LogP) is 3.88. The number of amides is 1. The zero-order valence-electron chi connectivity index (χ0n) is 15.3. The highest BCUT2D eigenvalue weighted by Crippen LogP contribution is 2.33. The van der Waals surface area contributed by atoms with Crippen LogP contribution in [0.4, 0.5) is 13.2 Å². The molecule has 0 aliphatic carbocycles. The molecule has 0 saturated carbocycles. The fraction of sp³-hybridized carbons (Fsp3) is 0.350. The molecule has 0 bridgehead atoms. The number of benzene rings is 1. The van der Waals surface area contributed by atoms with Crippen molar-refractivity contribution >= 4 is 5.91 Å².